The van der Waals surface area contributed by atoms with Gasteiger partial charge in [-0.25, -0.2) is 4.79 Å². The number of thioether (sulfide) groups is 1. The lowest BCUT2D eigenvalue weighted by atomic mass is 10.2. The first-order valence-corrected chi connectivity index (χ1v) is 8.76. The van der Waals surface area contributed by atoms with Gasteiger partial charge in [0.05, 0.1) is 0 Å². The third-order valence-electron chi connectivity index (χ3n) is 3.59. The lowest BCUT2D eigenvalue weighted by molar-refractivity contribution is 0.174. The molecule has 0 saturated heterocycles. The summed E-state index contributed by atoms with van der Waals surface area (Å²) < 4.78 is 10.6. The predicted molar refractivity (Wildman–Crippen MR) is 94.6 cm³/mol. The molecule has 1 aliphatic heterocycles. The van der Waals surface area contributed by atoms with Crippen molar-refractivity contribution in [1.29, 1.82) is 0 Å². The van der Waals surface area contributed by atoms with Gasteiger partial charge in [-0.3, -0.25) is 0 Å². The molecule has 0 fully saturated rings. The zero-order valence-electron chi connectivity index (χ0n) is 13.5. The molecule has 0 spiro atoms. The van der Waals surface area contributed by atoms with Crippen LogP contribution in [0.5, 0.6) is 11.5 Å². The smallest absolute Gasteiger partial charge is 0.317 e. The van der Waals surface area contributed by atoms with E-state index >= 15 is 0 Å². The van der Waals surface area contributed by atoms with E-state index in [0.29, 0.717) is 13.1 Å². The summed E-state index contributed by atoms with van der Waals surface area (Å²) in [7, 11) is 1.78. The van der Waals surface area contributed by atoms with Gasteiger partial charge in [-0.05, 0) is 29.8 Å². The summed E-state index contributed by atoms with van der Waals surface area (Å²) in [5.41, 5.74) is 1.01. The summed E-state index contributed by atoms with van der Waals surface area (Å²) >= 11 is 1.73. The molecule has 1 N–H and O–H groups in total. The lowest BCUT2D eigenvalue weighted by Gasteiger charge is -2.18. The van der Waals surface area contributed by atoms with E-state index in [4.69, 9.17) is 9.47 Å². The van der Waals surface area contributed by atoms with Crippen molar-refractivity contribution in [3.63, 3.8) is 0 Å². The maximum absolute atomic E-state index is 12.1. The molecule has 0 saturated carbocycles. The molecule has 3 rings (SSSR count). The van der Waals surface area contributed by atoms with Gasteiger partial charge in [0.2, 0.25) is 6.79 Å². The van der Waals surface area contributed by atoms with Crippen LogP contribution in [-0.4, -0.2) is 37.1 Å². The van der Waals surface area contributed by atoms with Crippen molar-refractivity contribution in [3.8, 4) is 11.5 Å². The molecule has 126 valence electrons. The Morgan fingerprint density at radius 3 is 2.79 bits per heavy atom. The Balaban J connectivity index is 1.41. The Labute approximate surface area is 145 Å². The highest BCUT2D eigenvalue weighted by atomic mass is 32.2. The van der Waals surface area contributed by atoms with Crippen molar-refractivity contribution in [2.24, 2.45) is 0 Å². The molecule has 0 bridgehead atoms. The minimum atomic E-state index is -0.0821. The van der Waals surface area contributed by atoms with E-state index in [1.165, 1.54) is 4.90 Å². The predicted octanol–water partition coefficient (Wildman–Crippen LogP) is 3.35. The molecule has 2 aromatic rings. The zero-order valence-corrected chi connectivity index (χ0v) is 14.3. The average molecular weight is 344 g/mol. The zero-order chi connectivity index (χ0) is 16.8. The van der Waals surface area contributed by atoms with Gasteiger partial charge in [-0.1, -0.05) is 24.3 Å². The Bertz CT molecular complexity index is 694. The summed E-state index contributed by atoms with van der Waals surface area (Å²) in [4.78, 5) is 15.0. The molecule has 0 atom stereocenters. The third-order valence-corrected chi connectivity index (χ3v) is 4.61. The first-order valence-electron chi connectivity index (χ1n) is 7.78. The number of hydrogen-bond acceptors (Lipinski definition) is 4. The fraction of sp³-hybridized carbons (Fsp3) is 0.278. The number of nitrogens with zero attached hydrogens (tertiary/aromatic N) is 1. The van der Waals surface area contributed by atoms with Crippen LogP contribution >= 0.6 is 11.8 Å². The SMILES string of the molecule is CN(Cc1ccc2c(c1)OCO2)C(=O)NCCSc1ccccc1. The summed E-state index contributed by atoms with van der Waals surface area (Å²) in [6.45, 7) is 1.41. The monoisotopic (exact) mass is 344 g/mol. The molecular weight excluding hydrogens is 324 g/mol. The van der Waals surface area contributed by atoms with E-state index in [1.54, 1.807) is 23.7 Å². The summed E-state index contributed by atoms with van der Waals surface area (Å²) in [6, 6.07) is 15.8. The number of rotatable bonds is 6. The molecule has 0 aliphatic carbocycles. The molecule has 24 heavy (non-hydrogen) atoms. The highest BCUT2D eigenvalue weighted by molar-refractivity contribution is 7.99. The number of carbonyl (C=O) groups is 1. The fourth-order valence-electron chi connectivity index (χ4n) is 2.36. The van der Waals surface area contributed by atoms with Gasteiger partial charge in [0.15, 0.2) is 11.5 Å². The second-order valence-electron chi connectivity index (χ2n) is 5.44. The van der Waals surface area contributed by atoms with E-state index < -0.39 is 0 Å². The largest absolute Gasteiger partial charge is 0.454 e. The molecule has 1 aliphatic rings. The van der Waals surface area contributed by atoms with E-state index in [0.717, 1.165) is 22.8 Å². The van der Waals surface area contributed by atoms with Gasteiger partial charge in [-0.15, -0.1) is 11.8 Å². The van der Waals surface area contributed by atoms with Crippen LogP contribution in [0.15, 0.2) is 53.4 Å². The van der Waals surface area contributed by atoms with Crippen LogP contribution in [0.2, 0.25) is 0 Å². The second kappa shape index (κ2) is 7.97. The molecule has 6 heteroatoms. The van der Waals surface area contributed by atoms with Crippen molar-refractivity contribution in [2.45, 2.75) is 11.4 Å². The number of fused-ring (bicyclic) bond motifs is 1. The average Bonchev–Trinajstić information content (AvgIpc) is 3.07. The quantitative estimate of drug-likeness (QED) is 0.645. The molecule has 2 amide bonds. The van der Waals surface area contributed by atoms with Crippen molar-refractivity contribution in [3.05, 3.63) is 54.1 Å². The van der Waals surface area contributed by atoms with Crippen LogP contribution in [0.4, 0.5) is 4.79 Å². The maximum atomic E-state index is 12.1. The van der Waals surface area contributed by atoms with Gasteiger partial charge in [-0.2, -0.15) is 0 Å². The Hall–Kier alpha value is -2.34. The number of urea groups is 1. The first-order chi connectivity index (χ1) is 11.7. The Morgan fingerprint density at radius 1 is 1.17 bits per heavy atom. The molecule has 0 unspecified atom stereocenters. The van der Waals surface area contributed by atoms with Gasteiger partial charge in [0, 0.05) is 30.8 Å². The molecule has 5 nitrogen and oxygen atoms in total. The first kappa shape index (κ1) is 16.5. The van der Waals surface area contributed by atoms with Crippen LogP contribution < -0.4 is 14.8 Å². The highest BCUT2D eigenvalue weighted by Crippen LogP contribution is 2.32. The van der Waals surface area contributed by atoms with E-state index in [2.05, 4.69) is 17.4 Å². The van der Waals surface area contributed by atoms with Crippen LogP contribution in [0.3, 0.4) is 0 Å². The highest BCUT2D eigenvalue weighted by Gasteiger charge is 2.15. The molecule has 0 radical (unpaired) electrons. The molecule has 0 aromatic heterocycles. The summed E-state index contributed by atoms with van der Waals surface area (Å²) in [6.07, 6.45) is 0. The molecule has 2 aromatic carbocycles. The normalized spacial score (nSPS) is 12.0. The van der Waals surface area contributed by atoms with Gasteiger partial charge in [0.25, 0.3) is 0 Å². The van der Waals surface area contributed by atoms with Crippen molar-refractivity contribution in [2.75, 3.05) is 26.1 Å². The number of hydrogen-bond donors (Lipinski definition) is 1. The Kier molecular flexibility index (Phi) is 5.48. The van der Waals surface area contributed by atoms with Crippen molar-refractivity contribution < 1.29 is 14.3 Å². The van der Waals surface area contributed by atoms with Gasteiger partial charge < -0.3 is 19.7 Å². The molecular formula is C18H20N2O3S. The van der Waals surface area contributed by atoms with E-state index in [1.807, 2.05) is 36.4 Å². The van der Waals surface area contributed by atoms with Crippen molar-refractivity contribution in [1.82, 2.24) is 10.2 Å². The van der Waals surface area contributed by atoms with Gasteiger partial charge in [0.1, 0.15) is 0 Å². The standard InChI is InChI=1S/C18H20N2O3S/c1-20(12-14-7-8-16-17(11-14)23-13-22-16)18(21)19-9-10-24-15-5-3-2-4-6-15/h2-8,11H,9-10,12-13H2,1H3,(H,19,21). The number of amides is 2. The minimum absolute atomic E-state index is 0.0821. The number of ether oxygens (including phenoxy) is 2. The van der Waals surface area contributed by atoms with E-state index in [-0.39, 0.29) is 12.8 Å². The van der Waals surface area contributed by atoms with Crippen molar-refractivity contribution >= 4 is 17.8 Å². The van der Waals surface area contributed by atoms with Crippen LogP contribution in [0, 0.1) is 0 Å². The second-order valence-corrected chi connectivity index (χ2v) is 6.61. The third kappa shape index (κ3) is 4.35. The van der Waals surface area contributed by atoms with Crippen LogP contribution in [0.1, 0.15) is 5.56 Å². The fourth-order valence-corrected chi connectivity index (χ4v) is 3.15. The molecule has 1 heterocycles. The lowest BCUT2D eigenvalue weighted by Crippen LogP contribution is -2.37. The number of benzene rings is 2. The summed E-state index contributed by atoms with van der Waals surface area (Å²) in [5.74, 6) is 2.33. The summed E-state index contributed by atoms with van der Waals surface area (Å²) in [5, 5.41) is 2.94. The number of carbonyl (C=O) groups excluding carboxylic acids is 1. The number of nitrogens with one attached hydrogen (secondary N) is 1. The van der Waals surface area contributed by atoms with Crippen LogP contribution in [-0.2, 0) is 6.54 Å². The Morgan fingerprint density at radius 2 is 1.96 bits per heavy atom. The minimum Gasteiger partial charge on any atom is -0.454 e. The maximum Gasteiger partial charge on any atom is 0.317 e. The topological polar surface area (TPSA) is 50.8 Å². The van der Waals surface area contributed by atoms with Crippen LogP contribution in [0.25, 0.3) is 0 Å². The van der Waals surface area contributed by atoms with E-state index in [9.17, 15) is 4.79 Å². The van der Waals surface area contributed by atoms with Gasteiger partial charge >= 0.3 is 6.03 Å².